The van der Waals surface area contributed by atoms with Crippen LogP contribution in [0.4, 0.5) is 0 Å². The molecule has 3 rings (SSSR count). The fourth-order valence-electron chi connectivity index (χ4n) is 3.62. The Bertz CT molecular complexity index is 446. The second-order valence-electron chi connectivity index (χ2n) is 5.86. The molecule has 1 aromatic rings. The fourth-order valence-corrected chi connectivity index (χ4v) is 3.62. The van der Waals surface area contributed by atoms with E-state index in [1.54, 1.807) is 0 Å². The molecule has 2 heteroatoms. The Morgan fingerprint density at radius 3 is 2.47 bits per heavy atom. The van der Waals surface area contributed by atoms with Crippen LogP contribution in [0.1, 0.15) is 37.7 Å². The Labute approximate surface area is 116 Å². The molecule has 1 radical (unpaired) electrons. The molecule has 0 bridgehead atoms. The van der Waals surface area contributed by atoms with Crippen LogP contribution in [0.5, 0.6) is 0 Å². The van der Waals surface area contributed by atoms with Gasteiger partial charge in [0.1, 0.15) is 0 Å². The van der Waals surface area contributed by atoms with Gasteiger partial charge in [-0.25, -0.2) is 0 Å². The van der Waals surface area contributed by atoms with E-state index in [1.807, 2.05) is 6.07 Å². The van der Waals surface area contributed by atoms with Crippen LogP contribution in [-0.4, -0.2) is 24.0 Å². The van der Waals surface area contributed by atoms with E-state index in [2.05, 4.69) is 41.7 Å². The topological polar surface area (TPSA) is 27.0 Å². The average molecular weight is 253 g/mol. The van der Waals surface area contributed by atoms with Crippen molar-refractivity contribution in [3.8, 4) is 6.07 Å². The maximum absolute atomic E-state index is 9.68. The van der Waals surface area contributed by atoms with Crippen molar-refractivity contribution in [2.24, 2.45) is 0 Å². The molecular formula is C17H21N2. The summed E-state index contributed by atoms with van der Waals surface area (Å²) in [5.41, 5.74) is 0.977. The quantitative estimate of drug-likeness (QED) is 0.808. The predicted octanol–water partition coefficient (Wildman–Crippen LogP) is 3.30. The SMILES string of the molecule is N#CC1(c2ccccc2)CCC(N2C[CH]CC2)CC1. The number of hydrogen-bond donors (Lipinski definition) is 0. The van der Waals surface area contributed by atoms with Gasteiger partial charge in [-0.05, 0) is 50.6 Å². The highest BCUT2D eigenvalue weighted by molar-refractivity contribution is 5.33. The maximum atomic E-state index is 9.68. The molecule has 1 heterocycles. The maximum Gasteiger partial charge on any atom is 0.0823 e. The van der Waals surface area contributed by atoms with E-state index in [0.29, 0.717) is 6.04 Å². The Hall–Kier alpha value is -1.33. The van der Waals surface area contributed by atoms with Gasteiger partial charge in [-0.1, -0.05) is 30.3 Å². The largest absolute Gasteiger partial charge is 0.300 e. The first-order valence-electron chi connectivity index (χ1n) is 7.37. The van der Waals surface area contributed by atoms with Gasteiger partial charge in [-0.2, -0.15) is 5.26 Å². The van der Waals surface area contributed by atoms with Gasteiger partial charge in [-0.3, -0.25) is 0 Å². The van der Waals surface area contributed by atoms with Crippen LogP contribution in [0, 0.1) is 17.8 Å². The number of benzene rings is 1. The van der Waals surface area contributed by atoms with Crippen LogP contribution >= 0.6 is 0 Å². The number of nitriles is 1. The summed E-state index contributed by atoms with van der Waals surface area (Å²) in [6.45, 7) is 2.37. The van der Waals surface area contributed by atoms with Gasteiger partial charge in [0.05, 0.1) is 11.5 Å². The zero-order chi connectivity index (χ0) is 13.1. The van der Waals surface area contributed by atoms with Crippen molar-refractivity contribution < 1.29 is 0 Å². The van der Waals surface area contributed by atoms with Crippen molar-refractivity contribution in [1.82, 2.24) is 4.90 Å². The first-order chi connectivity index (χ1) is 9.34. The first-order valence-corrected chi connectivity index (χ1v) is 7.37. The van der Waals surface area contributed by atoms with Crippen LogP contribution in [0.25, 0.3) is 0 Å². The molecular weight excluding hydrogens is 232 g/mol. The lowest BCUT2D eigenvalue weighted by Crippen LogP contribution is -2.40. The molecule has 0 amide bonds. The summed E-state index contributed by atoms with van der Waals surface area (Å²) >= 11 is 0. The molecule has 0 atom stereocenters. The minimum atomic E-state index is -0.235. The minimum Gasteiger partial charge on any atom is -0.300 e. The van der Waals surface area contributed by atoms with Crippen LogP contribution in [0.2, 0.25) is 0 Å². The summed E-state index contributed by atoms with van der Waals surface area (Å²) in [7, 11) is 0. The summed E-state index contributed by atoms with van der Waals surface area (Å²) in [4.78, 5) is 2.59. The van der Waals surface area contributed by atoms with Crippen LogP contribution in [-0.2, 0) is 5.41 Å². The second kappa shape index (κ2) is 5.35. The van der Waals surface area contributed by atoms with Crippen molar-refractivity contribution >= 4 is 0 Å². The Morgan fingerprint density at radius 1 is 1.16 bits per heavy atom. The third-order valence-electron chi connectivity index (χ3n) is 4.85. The molecule has 19 heavy (non-hydrogen) atoms. The molecule has 0 spiro atoms. The molecule has 0 unspecified atom stereocenters. The third kappa shape index (κ3) is 2.40. The summed E-state index contributed by atoms with van der Waals surface area (Å²) in [5, 5.41) is 9.68. The molecule has 2 nitrogen and oxygen atoms in total. The zero-order valence-corrected chi connectivity index (χ0v) is 11.4. The van der Waals surface area contributed by atoms with Gasteiger partial charge in [-0.15, -0.1) is 0 Å². The zero-order valence-electron chi connectivity index (χ0n) is 11.4. The highest BCUT2D eigenvalue weighted by Crippen LogP contribution is 2.40. The lowest BCUT2D eigenvalue weighted by Gasteiger charge is -2.39. The van der Waals surface area contributed by atoms with Gasteiger partial charge in [0.2, 0.25) is 0 Å². The van der Waals surface area contributed by atoms with Crippen molar-refractivity contribution in [3.05, 3.63) is 42.3 Å². The number of likely N-dealkylation sites (tertiary alicyclic amines) is 1. The Kier molecular flexibility index (Phi) is 3.57. The predicted molar refractivity (Wildman–Crippen MR) is 76.5 cm³/mol. The normalized spacial score (nSPS) is 32.1. The van der Waals surface area contributed by atoms with E-state index in [-0.39, 0.29) is 5.41 Å². The lowest BCUT2D eigenvalue weighted by molar-refractivity contribution is 0.168. The standard InChI is InChI=1S/C17H21N2/c18-14-17(15-6-2-1-3-7-15)10-8-16(9-11-17)19-12-4-5-13-19/h1-4,6-7,16H,5,8-13H2. The van der Waals surface area contributed by atoms with Gasteiger partial charge < -0.3 is 4.90 Å². The highest BCUT2D eigenvalue weighted by Gasteiger charge is 2.38. The van der Waals surface area contributed by atoms with Crippen molar-refractivity contribution in [3.63, 3.8) is 0 Å². The van der Waals surface area contributed by atoms with Gasteiger partial charge >= 0.3 is 0 Å². The van der Waals surface area contributed by atoms with Crippen LogP contribution in [0.15, 0.2) is 30.3 Å². The Morgan fingerprint density at radius 2 is 1.89 bits per heavy atom. The lowest BCUT2D eigenvalue weighted by atomic mass is 9.69. The summed E-state index contributed by atoms with van der Waals surface area (Å²) in [5.74, 6) is 0. The summed E-state index contributed by atoms with van der Waals surface area (Å²) in [6, 6.07) is 13.7. The van der Waals surface area contributed by atoms with Gasteiger partial charge in [0.15, 0.2) is 0 Å². The van der Waals surface area contributed by atoms with E-state index < -0.39 is 0 Å². The van der Waals surface area contributed by atoms with Crippen molar-refractivity contribution in [2.75, 3.05) is 13.1 Å². The van der Waals surface area contributed by atoms with Gasteiger partial charge in [0, 0.05) is 12.6 Å². The van der Waals surface area contributed by atoms with E-state index in [4.69, 9.17) is 0 Å². The van der Waals surface area contributed by atoms with Crippen LogP contribution < -0.4 is 0 Å². The monoisotopic (exact) mass is 253 g/mol. The molecule has 2 aliphatic rings. The molecule has 1 aliphatic heterocycles. The smallest absolute Gasteiger partial charge is 0.0823 e. The van der Waals surface area contributed by atoms with Crippen molar-refractivity contribution in [2.45, 2.75) is 43.6 Å². The van der Waals surface area contributed by atoms with E-state index in [9.17, 15) is 5.26 Å². The fraction of sp³-hybridized carbons (Fsp3) is 0.529. The molecule has 1 aliphatic carbocycles. The number of rotatable bonds is 2. The third-order valence-corrected chi connectivity index (χ3v) is 4.85. The molecule has 1 aromatic carbocycles. The molecule has 1 saturated carbocycles. The minimum absolute atomic E-state index is 0.235. The average Bonchev–Trinajstić information content (AvgIpc) is 3.02. The number of hydrogen-bond acceptors (Lipinski definition) is 2. The Balaban J connectivity index is 1.72. The van der Waals surface area contributed by atoms with Crippen LogP contribution in [0.3, 0.4) is 0 Å². The molecule has 1 saturated heterocycles. The first kappa shape index (κ1) is 12.7. The van der Waals surface area contributed by atoms with E-state index in [1.165, 1.54) is 18.5 Å². The molecule has 2 fully saturated rings. The van der Waals surface area contributed by atoms with E-state index >= 15 is 0 Å². The number of nitrogens with zero attached hydrogens (tertiary/aromatic N) is 2. The van der Waals surface area contributed by atoms with E-state index in [0.717, 1.165) is 32.2 Å². The molecule has 99 valence electrons. The van der Waals surface area contributed by atoms with Gasteiger partial charge in [0.25, 0.3) is 0 Å². The molecule has 0 aromatic heterocycles. The van der Waals surface area contributed by atoms with Crippen molar-refractivity contribution in [1.29, 1.82) is 5.26 Å². The highest BCUT2D eigenvalue weighted by atomic mass is 15.2. The second-order valence-corrected chi connectivity index (χ2v) is 5.86. The molecule has 0 N–H and O–H groups in total. The summed E-state index contributed by atoms with van der Waals surface area (Å²) in [6.07, 6.45) is 7.96. The summed E-state index contributed by atoms with van der Waals surface area (Å²) < 4.78 is 0.